The maximum absolute atomic E-state index is 2.57. The van der Waals surface area contributed by atoms with Crippen LogP contribution < -0.4 is 0 Å². The molecule has 1 radical (unpaired) electrons. The van der Waals surface area contributed by atoms with Crippen LogP contribution in [-0.2, 0) is 0 Å². The van der Waals surface area contributed by atoms with Crippen LogP contribution in [0.1, 0.15) is 21.2 Å². The number of unbranched alkanes of at least 4 members (excludes halogenated alkanes) is 1. The Morgan fingerprint density at radius 2 is 2.60 bits per heavy atom. The molecule has 0 atom stereocenters. The molecule has 0 aliphatic carbocycles. The average Bonchev–Trinajstić information content (AvgIpc) is 1.41. The van der Waals surface area contributed by atoms with Crippen molar-refractivity contribution in [3.05, 3.63) is 0 Å². The molecule has 0 N–H and O–H groups in total. The van der Waals surface area contributed by atoms with Gasteiger partial charge in [0.2, 0.25) is 0 Å². The molecular weight excluding hydrogens is 75.0 g/mol. The summed E-state index contributed by atoms with van der Waals surface area (Å²) >= 11 is 2.57. The largest absolute Gasteiger partial charge is 0 e. The van der Waals surface area contributed by atoms with Crippen molar-refractivity contribution in [2.75, 3.05) is 0 Å². The van der Waals surface area contributed by atoms with Gasteiger partial charge in [0.05, 0.1) is 0 Å². The maximum Gasteiger partial charge on any atom is 0 e. The third-order valence-corrected chi connectivity index (χ3v) is 0.789. The van der Waals surface area contributed by atoms with Crippen LogP contribution in [0.25, 0.3) is 0 Å². The molecule has 5 heavy (non-hydrogen) atoms. The minimum atomic E-state index is 0. The van der Waals surface area contributed by atoms with Gasteiger partial charge in [-0.1, -0.05) is 0 Å². The van der Waals surface area contributed by atoms with Gasteiger partial charge in [0, 0.05) is 1.43 Å². The molecule has 0 heterocycles. The zero-order valence-electron chi connectivity index (χ0n) is 3.57. The molecule has 1 heteroatoms. The van der Waals surface area contributed by atoms with Crippen LogP contribution in [0.15, 0.2) is 0 Å². The number of hydrogen-bond acceptors (Lipinski definition) is 0. The monoisotopic (exact) mass is 85.1 g/mol. The molecule has 0 aromatic heterocycles. The van der Waals surface area contributed by atoms with Crippen molar-refractivity contribution in [2.24, 2.45) is 0 Å². The van der Waals surface area contributed by atoms with Crippen molar-refractivity contribution in [3.8, 4) is 0 Å². The van der Waals surface area contributed by atoms with E-state index < -0.39 is 0 Å². The molecule has 0 aromatic rings. The summed E-state index contributed by atoms with van der Waals surface area (Å²) in [5.41, 5.74) is 0. The SMILES string of the molecule is CCC[CH]=[Al].[HH]. The quantitative estimate of drug-likeness (QED) is 0.439. The summed E-state index contributed by atoms with van der Waals surface area (Å²) in [6, 6.07) is 0. The minimum absolute atomic E-state index is 0. The van der Waals surface area contributed by atoms with Gasteiger partial charge in [0.1, 0.15) is 0 Å². The van der Waals surface area contributed by atoms with Crippen molar-refractivity contribution in [3.63, 3.8) is 0 Å². The third-order valence-electron chi connectivity index (χ3n) is 0.455. The Hall–Kier alpha value is 0.402. The fourth-order valence-electron chi connectivity index (χ4n) is 0.167. The minimum Gasteiger partial charge on any atom is 0 e. The van der Waals surface area contributed by atoms with Gasteiger partial charge < -0.3 is 0 Å². The first-order valence-electron chi connectivity index (χ1n) is 1.95. The zero-order chi connectivity index (χ0) is 4.12. The van der Waals surface area contributed by atoms with Crippen molar-refractivity contribution in [1.82, 2.24) is 0 Å². The molecule has 0 bridgehead atoms. The van der Waals surface area contributed by atoms with E-state index in [4.69, 9.17) is 0 Å². The zero-order valence-corrected chi connectivity index (χ0v) is 4.72. The van der Waals surface area contributed by atoms with Gasteiger partial charge in [-0.15, -0.1) is 0 Å². The first kappa shape index (κ1) is 5.40. The molecule has 0 amide bonds. The van der Waals surface area contributed by atoms with E-state index in [9.17, 15) is 0 Å². The maximum atomic E-state index is 2.57. The van der Waals surface area contributed by atoms with E-state index in [1.807, 2.05) is 0 Å². The van der Waals surface area contributed by atoms with E-state index in [-0.39, 0.29) is 1.43 Å². The standard InChI is InChI=1S/C4H8.Al.H2/c1-3-4-2;;/h1H,3-4H2,2H3;;1H. The molecule has 0 aliphatic heterocycles. The summed E-state index contributed by atoms with van der Waals surface area (Å²) in [5, 5.41) is 0. The van der Waals surface area contributed by atoms with Crippen LogP contribution >= 0.6 is 0 Å². The summed E-state index contributed by atoms with van der Waals surface area (Å²) in [7, 11) is 0. The first-order valence-corrected chi connectivity index (χ1v) is 2.62. The van der Waals surface area contributed by atoms with Crippen molar-refractivity contribution >= 4 is 20.7 Å². The van der Waals surface area contributed by atoms with Crippen molar-refractivity contribution < 1.29 is 1.43 Å². The second kappa shape index (κ2) is 4.40. The van der Waals surface area contributed by atoms with E-state index in [2.05, 4.69) is 27.7 Å². The van der Waals surface area contributed by atoms with Gasteiger partial charge in [0.25, 0.3) is 0 Å². The van der Waals surface area contributed by atoms with E-state index in [0.29, 0.717) is 0 Å². The Labute approximate surface area is 42.6 Å². The van der Waals surface area contributed by atoms with Gasteiger partial charge in [-0.05, 0) is 0 Å². The second-order valence-corrected chi connectivity index (χ2v) is 1.50. The van der Waals surface area contributed by atoms with E-state index in [0.717, 1.165) is 0 Å². The van der Waals surface area contributed by atoms with Crippen LogP contribution in [0.3, 0.4) is 0 Å². The molecule has 0 aromatic carbocycles. The predicted octanol–water partition coefficient (Wildman–Crippen LogP) is 1.00. The Kier molecular flexibility index (Phi) is 4.76. The van der Waals surface area contributed by atoms with Crippen molar-refractivity contribution in [1.29, 1.82) is 0 Å². The molecule has 0 unspecified atom stereocenters. The van der Waals surface area contributed by atoms with Gasteiger partial charge in [-0.2, -0.15) is 0 Å². The van der Waals surface area contributed by atoms with Gasteiger partial charge >= 0.3 is 40.5 Å². The molecule has 0 saturated carbocycles. The van der Waals surface area contributed by atoms with Gasteiger partial charge in [-0.25, -0.2) is 0 Å². The Balaban J connectivity index is 0. The average molecular weight is 85.1 g/mol. The smallest absolute Gasteiger partial charge is 0 e. The van der Waals surface area contributed by atoms with E-state index in [1.54, 1.807) is 0 Å². The predicted molar refractivity (Wildman–Crippen MR) is 28.8 cm³/mol. The topological polar surface area (TPSA) is 0 Å². The molecule has 0 spiro atoms. The second-order valence-electron chi connectivity index (χ2n) is 1.02. The molecule has 0 aliphatic rings. The van der Waals surface area contributed by atoms with E-state index in [1.165, 1.54) is 12.8 Å². The Morgan fingerprint density at radius 1 is 2.00 bits per heavy atom. The molecule has 0 rings (SSSR count). The fourth-order valence-corrected chi connectivity index (χ4v) is 0.500. The van der Waals surface area contributed by atoms with Crippen LogP contribution in [0, 0.1) is 0 Å². The summed E-state index contributed by atoms with van der Waals surface area (Å²) in [6.07, 6.45) is 2.49. The normalized spacial score (nSPS) is 7.20. The fraction of sp³-hybridized carbons (Fsp3) is 0.750. The number of rotatable bonds is 2. The van der Waals surface area contributed by atoms with Crippen LogP contribution in [0.4, 0.5) is 0 Å². The first-order chi connectivity index (χ1) is 2.41. The molecule has 0 nitrogen and oxygen atoms in total. The third kappa shape index (κ3) is 4.40. The Bertz CT molecular complexity index is 28.7. The Morgan fingerprint density at radius 3 is 2.60 bits per heavy atom. The summed E-state index contributed by atoms with van der Waals surface area (Å²) < 4.78 is 0. The van der Waals surface area contributed by atoms with E-state index >= 15 is 0 Å². The molecule has 0 fully saturated rings. The summed E-state index contributed by atoms with van der Waals surface area (Å²) in [5.74, 6) is 0. The van der Waals surface area contributed by atoms with Crippen LogP contribution in [0.5, 0.6) is 0 Å². The van der Waals surface area contributed by atoms with Crippen molar-refractivity contribution in [2.45, 2.75) is 19.8 Å². The summed E-state index contributed by atoms with van der Waals surface area (Å²) in [6.45, 7) is 2.17. The van der Waals surface area contributed by atoms with Crippen LogP contribution in [0.2, 0.25) is 0 Å². The van der Waals surface area contributed by atoms with Gasteiger partial charge in [-0.3, -0.25) is 0 Å². The molecule has 0 saturated heterocycles. The van der Waals surface area contributed by atoms with Crippen LogP contribution in [-0.4, -0.2) is 20.7 Å². The van der Waals surface area contributed by atoms with Gasteiger partial charge in [0.15, 0.2) is 0 Å². The molecule has 29 valence electrons. The summed E-state index contributed by atoms with van der Waals surface area (Å²) in [4.78, 5) is 2.10. The molecular formula is C4H10Al. The number of hydrogen-bond donors (Lipinski definition) is 0.